The highest BCUT2D eigenvalue weighted by Crippen LogP contribution is 2.19. The first-order chi connectivity index (χ1) is 12.5. The Labute approximate surface area is 180 Å². The van der Waals surface area contributed by atoms with Gasteiger partial charge >= 0.3 is 0 Å². The maximum Gasteiger partial charge on any atom is 0.217 e. The molecule has 1 aliphatic rings. The van der Waals surface area contributed by atoms with E-state index >= 15 is 0 Å². The van der Waals surface area contributed by atoms with Crippen molar-refractivity contribution in [2.75, 3.05) is 45.7 Å². The first kappa shape index (κ1) is 23.5. The molecule has 0 bridgehead atoms. The van der Waals surface area contributed by atoms with E-state index in [2.05, 4.69) is 58.5 Å². The highest BCUT2D eigenvalue weighted by atomic mass is 127. The molecule has 1 aliphatic heterocycles. The van der Waals surface area contributed by atoms with Crippen LogP contribution in [0.1, 0.15) is 31.2 Å². The van der Waals surface area contributed by atoms with Gasteiger partial charge in [-0.2, -0.15) is 0 Å². The van der Waals surface area contributed by atoms with Gasteiger partial charge in [-0.3, -0.25) is 9.79 Å². The molecular weight excluding hydrogens is 453 g/mol. The third-order valence-electron chi connectivity index (χ3n) is 4.90. The van der Waals surface area contributed by atoms with Crippen LogP contribution in [-0.2, 0) is 11.2 Å². The molecule has 1 fully saturated rings. The molecule has 3 N–H and O–H groups in total. The maximum absolute atomic E-state index is 11.2. The highest BCUT2D eigenvalue weighted by Gasteiger charge is 2.23. The molecule has 1 amide bonds. The van der Waals surface area contributed by atoms with Gasteiger partial charge in [0, 0.05) is 52.9 Å². The topological polar surface area (TPSA) is 74.0 Å². The molecule has 0 aliphatic carbocycles. The molecule has 1 saturated heterocycles. The lowest BCUT2D eigenvalue weighted by atomic mass is 9.95. The van der Waals surface area contributed by atoms with Gasteiger partial charge in [0.15, 0.2) is 5.96 Å². The molecule has 1 atom stereocenters. The van der Waals surface area contributed by atoms with Crippen LogP contribution < -0.4 is 16.0 Å². The molecular formula is C20H34IN5O. The van der Waals surface area contributed by atoms with Gasteiger partial charge in [-0.15, -0.1) is 24.0 Å². The number of halogens is 1. The number of primary amides is 1. The number of hydrogen-bond donors (Lipinski definition) is 2. The number of rotatable bonds is 7. The quantitative estimate of drug-likeness (QED) is 0.268. The van der Waals surface area contributed by atoms with E-state index < -0.39 is 0 Å². The highest BCUT2D eigenvalue weighted by molar-refractivity contribution is 14.0. The molecule has 0 radical (unpaired) electrons. The van der Waals surface area contributed by atoms with Crippen molar-refractivity contribution < 1.29 is 4.79 Å². The fourth-order valence-electron chi connectivity index (χ4n) is 3.49. The van der Waals surface area contributed by atoms with Gasteiger partial charge in [0.2, 0.25) is 5.91 Å². The zero-order valence-corrected chi connectivity index (χ0v) is 19.1. The van der Waals surface area contributed by atoms with E-state index in [0.29, 0.717) is 12.3 Å². The van der Waals surface area contributed by atoms with Crippen molar-refractivity contribution >= 4 is 41.5 Å². The number of guanidine groups is 1. The minimum Gasteiger partial charge on any atom is -0.378 e. The fraction of sp³-hybridized carbons (Fsp3) is 0.600. The number of aryl methyl sites for hydroxylation is 1. The Morgan fingerprint density at radius 2 is 2.04 bits per heavy atom. The van der Waals surface area contributed by atoms with E-state index in [-0.39, 0.29) is 29.9 Å². The number of benzene rings is 1. The molecule has 0 aromatic heterocycles. The number of amides is 1. The lowest BCUT2D eigenvalue weighted by Crippen LogP contribution is -2.47. The SMILES string of the molecule is CN=C(NCCCc1ccc(N(C)C)cc1)N1CCCC(CC(N)=O)C1.I. The minimum absolute atomic E-state index is 0. The van der Waals surface area contributed by atoms with Crippen LogP contribution in [0.5, 0.6) is 0 Å². The summed E-state index contributed by atoms with van der Waals surface area (Å²) >= 11 is 0. The number of nitrogens with two attached hydrogens (primary N) is 1. The zero-order chi connectivity index (χ0) is 18.9. The molecule has 2 rings (SSSR count). The standard InChI is InChI=1S/C20H33N5O.HI/c1-22-20(25-13-5-7-17(15-25)14-19(21)26)23-12-4-6-16-8-10-18(11-9-16)24(2)3;/h8-11,17H,4-7,12-15H2,1-3H3,(H2,21,26)(H,22,23);1H. The van der Waals surface area contributed by atoms with Gasteiger partial charge in [-0.05, 0) is 49.3 Å². The number of likely N-dealkylation sites (tertiary alicyclic amines) is 1. The summed E-state index contributed by atoms with van der Waals surface area (Å²) in [6.07, 6.45) is 4.72. The van der Waals surface area contributed by atoms with Crippen molar-refractivity contribution in [1.82, 2.24) is 10.2 Å². The van der Waals surface area contributed by atoms with Gasteiger partial charge < -0.3 is 20.9 Å². The number of carbonyl (C=O) groups excluding carboxylic acids is 1. The number of hydrogen-bond acceptors (Lipinski definition) is 3. The summed E-state index contributed by atoms with van der Waals surface area (Å²) in [7, 11) is 5.93. The number of anilines is 1. The Kier molecular flexibility index (Phi) is 10.5. The normalized spacial score (nSPS) is 17.2. The molecule has 0 spiro atoms. The van der Waals surface area contributed by atoms with Gasteiger partial charge in [0.25, 0.3) is 0 Å². The van der Waals surface area contributed by atoms with Crippen LogP contribution in [0.15, 0.2) is 29.3 Å². The van der Waals surface area contributed by atoms with Crippen molar-refractivity contribution in [3.05, 3.63) is 29.8 Å². The first-order valence-corrected chi connectivity index (χ1v) is 9.49. The molecule has 6 nitrogen and oxygen atoms in total. The second kappa shape index (κ2) is 12.0. The predicted molar refractivity (Wildman–Crippen MR) is 124 cm³/mol. The van der Waals surface area contributed by atoms with Gasteiger partial charge in [0.05, 0.1) is 0 Å². The number of nitrogens with one attached hydrogen (secondary N) is 1. The molecule has 1 unspecified atom stereocenters. The van der Waals surface area contributed by atoms with Crippen molar-refractivity contribution in [3.63, 3.8) is 0 Å². The second-order valence-corrected chi connectivity index (χ2v) is 7.26. The average molecular weight is 487 g/mol. The van der Waals surface area contributed by atoms with Gasteiger partial charge in [-0.1, -0.05) is 12.1 Å². The number of nitrogens with zero attached hydrogens (tertiary/aromatic N) is 3. The molecule has 1 aromatic carbocycles. The summed E-state index contributed by atoms with van der Waals surface area (Å²) in [5.74, 6) is 1.07. The molecule has 1 aromatic rings. The lowest BCUT2D eigenvalue weighted by Gasteiger charge is -2.34. The maximum atomic E-state index is 11.2. The third-order valence-corrected chi connectivity index (χ3v) is 4.90. The Hall–Kier alpha value is -1.51. The summed E-state index contributed by atoms with van der Waals surface area (Å²) in [6, 6.07) is 8.72. The van der Waals surface area contributed by atoms with E-state index in [1.807, 2.05) is 7.05 Å². The van der Waals surface area contributed by atoms with E-state index in [0.717, 1.165) is 51.3 Å². The average Bonchev–Trinajstić information content (AvgIpc) is 2.62. The van der Waals surface area contributed by atoms with Crippen molar-refractivity contribution in [2.24, 2.45) is 16.6 Å². The van der Waals surface area contributed by atoms with E-state index in [9.17, 15) is 4.79 Å². The molecule has 27 heavy (non-hydrogen) atoms. The van der Waals surface area contributed by atoms with Crippen molar-refractivity contribution in [3.8, 4) is 0 Å². The Morgan fingerprint density at radius 3 is 2.63 bits per heavy atom. The first-order valence-electron chi connectivity index (χ1n) is 9.49. The molecule has 1 heterocycles. The van der Waals surface area contributed by atoms with Gasteiger partial charge in [-0.25, -0.2) is 0 Å². The Morgan fingerprint density at radius 1 is 1.33 bits per heavy atom. The van der Waals surface area contributed by atoms with E-state index in [1.165, 1.54) is 11.3 Å². The predicted octanol–water partition coefficient (Wildman–Crippen LogP) is 2.47. The smallest absolute Gasteiger partial charge is 0.217 e. The summed E-state index contributed by atoms with van der Waals surface area (Å²) < 4.78 is 0. The third kappa shape index (κ3) is 7.94. The summed E-state index contributed by atoms with van der Waals surface area (Å²) in [4.78, 5) is 19.9. The van der Waals surface area contributed by atoms with Crippen LogP contribution in [0.25, 0.3) is 0 Å². The molecule has 0 saturated carbocycles. The number of carbonyl (C=O) groups is 1. The fourth-order valence-corrected chi connectivity index (χ4v) is 3.49. The largest absolute Gasteiger partial charge is 0.378 e. The van der Waals surface area contributed by atoms with E-state index in [4.69, 9.17) is 5.73 Å². The number of piperidine rings is 1. The lowest BCUT2D eigenvalue weighted by molar-refractivity contribution is -0.119. The molecule has 152 valence electrons. The van der Waals surface area contributed by atoms with Crippen LogP contribution in [0.3, 0.4) is 0 Å². The van der Waals surface area contributed by atoms with Crippen LogP contribution >= 0.6 is 24.0 Å². The summed E-state index contributed by atoms with van der Waals surface area (Å²) in [5, 5.41) is 3.46. The van der Waals surface area contributed by atoms with Crippen LogP contribution in [0.2, 0.25) is 0 Å². The number of aliphatic imine (C=N–C) groups is 1. The Balaban J connectivity index is 0.00000364. The van der Waals surface area contributed by atoms with Crippen molar-refractivity contribution in [1.29, 1.82) is 0 Å². The van der Waals surface area contributed by atoms with Crippen LogP contribution in [0.4, 0.5) is 5.69 Å². The summed E-state index contributed by atoms with van der Waals surface area (Å²) in [6.45, 7) is 2.73. The summed E-state index contributed by atoms with van der Waals surface area (Å²) in [5.41, 5.74) is 7.93. The van der Waals surface area contributed by atoms with Crippen LogP contribution in [-0.4, -0.2) is 57.5 Å². The second-order valence-electron chi connectivity index (χ2n) is 7.26. The monoisotopic (exact) mass is 487 g/mol. The minimum atomic E-state index is -0.208. The van der Waals surface area contributed by atoms with Crippen molar-refractivity contribution in [2.45, 2.75) is 32.1 Å². The van der Waals surface area contributed by atoms with E-state index in [1.54, 1.807) is 0 Å². The zero-order valence-electron chi connectivity index (χ0n) is 16.8. The Bertz CT molecular complexity index is 603. The molecule has 7 heteroatoms. The van der Waals surface area contributed by atoms with Gasteiger partial charge in [0.1, 0.15) is 0 Å². The van der Waals surface area contributed by atoms with Crippen LogP contribution in [0, 0.1) is 5.92 Å².